The summed E-state index contributed by atoms with van der Waals surface area (Å²) in [5.41, 5.74) is 2.64. The molecule has 0 saturated carbocycles. The minimum absolute atomic E-state index is 0.112. The van der Waals surface area contributed by atoms with Gasteiger partial charge in [-0.3, -0.25) is 9.69 Å². The zero-order valence-corrected chi connectivity index (χ0v) is 16.2. The lowest BCUT2D eigenvalue weighted by Crippen LogP contribution is -2.47. The van der Waals surface area contributed by atoms with Gasteiger partial charge in [-0.2, -0.15) is 0 Å². The molecule has 1 atom stereocenters. The van der Waals surface area contributed by atoms with Gasteiger partial charge in [-0.25, -0.2) is 9.97 Å². The molecule has 1 fully saturated rings. The Hall–Kier alpha value is -2.51. The second-order valence-corrected chi connectivity index (χ2v) is 7.38. The number of aliphatic hydroxyl groups excluding tert-OH is 1. The highest BCUT2D eigenvalue weighted by atomic mass is 16.5. The van der Waals surface area contributed by atoms with Crippen molar-refractivity contribution in [2.24, 2.45) is 0 Å². The van der Waals surface area contributed by atoms with Crippen LogP contribution in [0.1, 0.15) is 34.0 Å². The number of aliphatic hydroxyl groups is 1. The molecule has 2 heterocycles. The predicted octanol–water partition coefficient (Wildman–Crippen LogP) is 1.51. The highest BCUT2D eigenvalue weighted by molar-refractivity contribution is 5.98. The molecule has 7 heteroatoms. The van der Waals surface area contributed by atoms with E-state index in [9.17, 15) is 4.79 Å². The summed E-state index contributed by atoms with van der Waals surface area (Å²) in [6.07, 6.45) is 2.93. The maximum Gasteiger partial charge on any atom is 0.225 e. The standard InChI is InChI=1S/C21H26N4O3/c1-28-17-4-2-15(3-5-17)16-12-19-18(20(27)13-16)14-22-21(23-19)25-8-6-24(7-9-25)10-11-26/h2-5,14,16,26H,6-13H2,1H3/t16-/m1/s1. The fourth-order valence-corrected chi connectivity index (χ4v) is 4.01. The molecule has 1 N–H and O–H groups in total. The summed E-state index contributed by atoms with van der Waals surface area (Å²) < 4.78 is 5.23. The van der Waals surface area contributed by atoms with Gasteiger partial charge in [-0.1, -0.05) is 12.1 Å². The Labute approximate surface area is 165 Å². The number of ether oxygens (including phenoxy) is 1. The number of methoxy groups -OCH3 is 1. The van der Waals surface area contributed by atoms with Crippen LogP contribution in [-0.2, 0) is 6.42 Å². The van der Waals surface area contributed by atoms with E-state index in [0.717, 1.165) is 49.6 Å². The molecule has 4 rings (SSSR count). The maximum absolute atomic E-state index is 12.6. The number of ketones is 1. The van der Waals surface area contributed by atoms with E-state index in [1.54, 1.807) is 13.3 Å². The average molecular weight is 382 g/mol. The first-order valence-corrected chi connectivity index (χ1v) is 9.79. The molecule has 28 heavy (non-hydrogen) atoms. The van der Waals surface area contributed by atoms with Crippen LogP contribution in [-0.4, -0.2) is 72.2 Å². The molecular formula is C21H26N4O3. The molecule has 1 aromatic carbocycles. The quantitative estimate of drug-likeness (QED) is 0.840. The molecule has 1 aliphatic carbocycles. The van der Waals surface area contributed by atoms with Crippen LogP contribution in [0.15, 0.2) is 30.5 Å². The highest BCUT2D eigenvalue weighted by Gasteiger charge is 2.29. The van der Waals surface area contributed by atoms with Crippen molar-refractivity contribution in [1.29, 1.82) is 0 Å². The van der Waals surface area contributed by atoms with E-state index in [2.05, 4.69) is 14.8 Å². The maximum atomic E-state index is 12.6. The minimum atomic E-state index is 0.112. The third kappa shape index (κ3) is 3.86. The lowest BCUT2D eigenvalue weighted by Gasteiger charge is -2.34. The van der Waals surface area contributed by atoms with Gasteiger partial charge in [0.15, 0.2) is 5.78 Å². The SMILES string of the molecule is COc1ccc([C@H]2CC(=O)c3cnc(N4CCN(CCO)CC4)nc3C2)cc1. The topological polar surface area (TPSA) is 78.8 Å². The number of carbonyl (C=O) groups excluding carboxylic acids is 1. The van der Waals surface area contributed by atoms with Gasteiger partial charge in [0.25, 0.3) is 0 Å². The molecular weight excluding hydrogens is 356 g/mol. The van der Waals surface area contributed by atoms with Crippen LogP contribution in [0.4, 0.5) is 5.95 Å². The molecule has 0 unspecified atom stereocenters. The van der Waals surface area contributed by atoms with Crippen LogP contribution in [0.25, 0.3) is 0 Å². The lowest BCUT2D eigenvalue weighted by molar-refractivity contribution is 0.0962. The second-order valence-electron chi connectivity index (χ2n) is 7.38. The van der Waals surface area contributed by atoms with Crippen molar-refractivity contribution in [3.8, 4) is 5.75 Å². The van der Waals surface area contributed by atoms with Gasteiger partial charge in [-0.05, 0) is 30.0 Å². The van der Waals surface area contributed by atoms with Crippen molar-refractivity contribution >= 4 is 11.7 Å². The Morgan fingerprint density at radius 2 is 1.89 bits per heavy atom. The largest absolute Gasteiger partial charge is 0.497 e. The normalized spacial score (nSPS) is 20.1. The van der Waals surface area contributed by atoms with E-state index < -0.39 is 0 Å². The van der Waals surface area contributed by atoms with E-state index in [-0.39, 0.29) is 18.3 Å². The molecule has 148 valence electrons. The van der Waals surface area contributed by atoms with Crippen LogP contribution in [0.3, 0.4) is 0 Å². The number of hydrogen-bond acceptors (Lipinski definition) is 7. The zero-order chi connectivity index (χ0) is 19.5. The predicted molar refractivity (Wildman–Crippen MR) is 106 cm³/mol. The molecule has 2 aliphatic rings. The number of anilines is 1. The number of rotatable bonds is 5. The molecule has 0 radical (unpaired) electrons. The van der Waals surface area contributed by atoms with Crippen molar-refractivity contribution in [3.05, 3.63) is 47.3 Å². The van der Waals surface area contributed by atoms with Crippen LogP contribution in [0.2, 0.25) is 0 Å². The Bertz CT molecular complexity index is 832. The molecule has 0 spiro atoms. The highest BCUT2D eigenvalue weighted by Crippen LogP contribution is 2.33. The van der Waals surface area contributed by atoms with Gasteiger partial charge >= 0.3 is 0 Å². The number of nitrogens with zero attached hydrogens (tertiary/aromatic N) is 4. The summed E-state index contributed by atoms with van der Waals surface area (Å²) in [4.78, 5) is 26.3. The molecule has 7 nitrogen and oxygen atoms in total. The summed E-state index contributed by atoms with van der Waals surface area (Å²) in [5, 5.41) is 9.09. The molecule has 0 amide bonds. The van der Waals surface area contributed by atoms with E-state index in [1.165, 1.54) is 0 Å². The van der Waals surface area contributed by atoms with E-state index in [0.29, 0.717) is 24.5 Å². The molecule has 0 bridgehead atoms. The van der Waals surface area contributed by atoms with Crippen molar-refractivity contribution in [2.45, 2.75) is 18.8 Å². The zero-order valence-electron chi connectivity index (χ0n) is 16.2. The van der Waals surface area contributed by atoms with Crippen molar-refractivity contribution in [2.75, 3.05) is 51.3 Å². The van der Waals surface area contributed by atoms with Crippen LogP contribution in [0.5, 0.6) is 5.75 Å². The Kier molecular flexibility index (Phi) is 5.54. The number of β-amino-alcohol motifs (C(OH)–C–C–N with tert-alkyl or cyclic N) is 1. The average Bonchev–Trinajstić information content (AvgIpc) is 2.74. The number of Topliss-reactive ketones (excluding diaryl/α,β-unsaturated/α-hetero) is 1. The summed E-state index contributed by atoms with van der Waals surface area (Å²) in [5.74, 6) is 1.76. The van der Waals surface area contributed by atoms with E-state index >= 15 is 0 Å². The van der Waals surface area contributed by atoms with Gasteiger partial charge in [0.1, 0.15) is 5.75 Å². The first-order chi connectivity index (χ1) is 13.7. The number of fused-ring (bicyclic) bond motifs is 1. The lowest BCUT2D eigenvalue weighted by atomic mass is 9.82. The van der Waals surface area contributed by atoms with Gasteiger partial charge in [-0.15, -0.1) is 0 Å². The number of aromatic nitrogens is 2. The van der Waals surface area contributed by atoms with E-state index in [4.69, 9.17) is 14.8 Å². The number of piperazine rings is 1. The van der Waals surface area contributed by atoms with Crippen molar-refractivity contribution < 1.29 is 14.6 Å². The molecule has 1 saturated heterocycles. The summed E-state index contributed by atoms with van der Waals surface area (Å²) in [6, 6.07) is 7.94. The first kappa shape index (κ1) is 18.8. The smallest absolute Gasteiger partial charge is 0.225 e. The van der Waals surface area contributed by atoms with Gasteiger partial charge in [0, 0.05) is 45.3 Å². The third-order valence-electron chi connectivity index (χ3n) is 5.69. The van der Waals surface area contributed by atoms with Gasteiger partial charge < -0.3 is 14.7 Å². The Morgan fingerprint density at radius 1 is 1.14 bits per heavy atom. The minimum Gasteiger partial charge on any atom is -0.497 e. The van der Waals surface area contributed by atoms with Crippen LogP contribution in [0, 0.1) is 0 Å². The van der Waals surface area contributed by atoms with Crippen molar-refractivity contribution in [1.82, 2.24) is 14.9 Å². The fraction of sp³-hybridized carbons (Fsp3) is 0.476. The molecule has 1 aromatic heterocycles. The summed E-state index contributed by atoms with van der Waals surface area (Å²) in [6.45, 7) is 4.31. The number of hydrogen-bond donors (Lipinski definition) is 1. The van der Waals surface area contributed by atoms with Gasteiger partial charge in [0.05, 0.1) is 25.0 Å². The summed E-state index contributed by atoms with van der Waals surface area (Å²) in [7, 11) is 1.65. The van der Waals surface area contributed by atoms with Gasteiger partial charge in [0.2, 0.25) is 5.95 Å². The van der Waals surface area contributed by atoms with Crippen LogP contribution >= 0.6 is 0 Å². The monoisotopic (exact) mass is 382 g/mol. The second kappa shape index (κ2) is 8.24. The van der Waals surface area contributed by atoms with Crippen molar-refractivity contribution in [3.63, 3.8) is 0 Å². The molecule has 1 aliphatic heterocycles. The Balaban J connectivity index is 1.51. The number of carbonyl (C=O) groups is 1. The Morgan fingerprint density at radius 3 is 2.57 bits per heavy atom. The number of benzene rings is 1. The fourth-order valence-electron chi connectivity index (χ4n) is 4.01. The first-order valence-electron chi connectivity index (χ1n) is 9.79. The summed E-state index contributed by atoms with van der Waals surface area (Å²) >= 11 is 0. The van der Waals surface area contributed by atoms with E-state index in [1.807, 2.05) is 24.3 Å². The molecule has 2 aromatic rings. The third-order valence-corrected chi connectivity index (χ3v) is 5.69. The van der Waals surface area contributed by atoms with Crippen LogP contribution < -0.4 is 9.64 Å².